The first kappa shape index (κ1) is 10.8. The summed E-state index contributed by atoms with van der Waals surface area (Å²) in [5.74, 6) is 0.536. The first-order chi connectivity index (χ1) is 6.93. The molecule has 0 aromatic rings. The van der Waals surface area contributed by atoms with Crippen LogP contribution in [0.15, 0.2) is 72.4 Å². The Morgan fingerprint density at radius 1 is 0.714 bits per heavy atom. The van der Waals surface area contributed by atoms with Crippen LogP contribution in [0, 0.1) is 0 Å². The van der Waals surface area contributed by atoms with Gasteiger partial charge in [-0.1, -0.05) is 66.8 Å². The van der Waals surface area contributed by atoms with Crippen molar-refractivity contribution in [3.05, 3.63) is 72.4 Å². The van der Waals surface area contributed by atoms with Crippen molar-refractivity contribution in [2.24, 2.45) is 0 Å². The molecule has 0 atom stereocenters. The molecular formula is C13H13Cl. The molecule has 0 amide bonds. The Hall–Kier alpha value is -1.27. The number of alkyl halides is 1. The Kier molecular flexibility index (Phi) is 5.53. The first-order valence-corrected chi connectivity index (χ1v) is 5.07. The molecule has 0 fully saturated rings. The fourth-order valence-corrected chi connectivity index (χ4v) is 1.13. The van der Waals surface area contributed by atoms with E-state index < -0.39 is 0 Å². The second-order valence-corrected chi connectivity index (χ2v) is 3.04. The van der Waals surface area contributed by atoms with Gasteiger partial charge in [-0.15, -0.1) is 11.6 Å². The number of hydrogen-bond acceptors (Lipinski definition) is 0. The minimum atomic E-state index is 0.536. The van der Waals surface area contributed by atoms with Crippen molar-refractivity contribution in [1.29, 1.82) is 0 Å². The Morgan fingerprint density at radius 3 is 1.79 bits per heavy atom. The summed E-state index contributed by atoms with van der Waals surface area (Å²) >= 11 is 5.76. The van der Waals surface area contributed by atoms with E-state index in [0.29, 0.717) is 5.88 Å². The topological polar surface area (TPSA) is 0 Å². The summed E-state index contributed by atoms with van der Waals surface area (Å²) in [7, 11) is 0. The molecule has 0 radical (unpaired) electrons. The van der Waals surface area contributed by atoms with Crippen molar-refractivity contribution >= 4 is 11.6 Å². The zero-order valence-electron chi connectivity index (χ0n) is 7.94. The Bertz CT molecular complexity index is 325. The highest BCUT2D eigenvalue weighted by molar-refractivity contribution is 6.19. The lowest BCUT2D eigenvalue weighted by Crippen LogP contribution is -1.76. The van der Waals surface area contributed by atoms with Crippen molar-refractivity contribution in [1.82, 2.24) is 0 Å². The molecule has 0 bridgehead atoms. The molecule has 1 rings (SSSR count). The molecule has 14 heavy (non-hydrogen) atoms. The van der Waals surface area contributed by atoms with E-state index >= 15 is 0 Å². The first-order valence-electron chi connectivity index (χ1n) is 4.53. The van der Waals surface area contributed by atoms with Crippen molar-refractivity contribution in [3.63, 3.8) is 0 Å². The predicted octanol–water partition coefficient (Wildman–Crippen LogP) is 3.95. The molecule has 1 heteroatoms. The fraction of sp³-hybridized carbons (Fsp3) is 0.0769. The molecule has 72 valence electrons. The molecule has 0 heterocycles. The third kappa shape index (κ3) is 4.68. The third-order valence-corrected chi connectivity index (χ3v) is 1.97. The predicted molar refractivity (Wildman–Crippen MR) is 64.5 cm³/mol. The van der Waals surface area contributed by atoms with Gasteiger partial charge in [-0.25, -0.2) is 0 Å². The molecule has 0 nitrogen and oxygen atoms in total. The van der Waals surface area contributed by atoms with E-state index in [-0.39, 0.29) is 0 Å². The monoisotopic (exact) mass is 204 g/mol. The molecule has 0 aliphatic heterocycles. The van der Waals surface area contributed by atoms with Crippen LogP contribution in [0.25, 0.3) is 0 Å². The average molecular weight is 205 g/mol. The van der Waals surface area contributed by atoms with Crippen LogP contribution in [-0.2, 0) is 0 Å². The third-order valence-electron chi connectivity index (χ3n) is 1.66. The average Bonchev–Trinajstić information content (AvgIpc) is 2.19. The van der Waals surface area contributed by atoms with Crippen molar-refractivity contribution in [2.45, 2.75) is 0 Å². The van der Waals surface area contributed by atoms with Crippen LogP contribution in [0.2, 0.25) is 0 Å². The van der Waals surface area contributed by atoms with Gasteiger partial charge < -0.3 is 0 Å². The highest BCUT2D eigenvalue weighted by Crippen LogP contribution is 2.01. The smallest absolute Gasteiger partial charge is 0.0474 e. The van der Waals surface area contributed by atoms with Crippen LogP contribution in [-0.4, -0.2) is 5.88 Å². The van der Waals surface area contributed by atoms with Crippen molar-refractivity contribution in [2.75, 3.05) is 5.88 Å². The van der Waals surface area contributed by atoms with Crippen molar-refractivity contribution in [3.8, 4) is 0 Å². The van der Waals surface area contributed by atoms with Gasteiger partial charge >= 0.3 is 0 Å². The lowest BCUT2D eigenvalue weighted by molar-refractivity contribution is 1.53. The second-order valence-electron chi connectivity index (χ2n) is 2.77. The van der Waals surface area contributed by atoms with Crippen LogP contribution in [0.3, 0.4) is 0 Å². The molecule has 0 aromatic carbocycles. The van der Waals surface area contributed by atoms with Crippen LogP contribution in [0.5, 0.6) is 0 Å². The summed E-state index contributed by atoms with van der Waals surface area (Å²) in [5.41, 5.74) is 1.10. The van der Waals surface area contributed by atoms with E-state index in [1.54, 1.807) is 0 Å². The summed E-state index contributed by atoms with van der Waals surface area (Å²) in [6, 6.07) is 0. The summed E-state index contributed by atoms with van der Waals surface area (Å²) in [6.07, 6.45) is 21.9. The highest BCUT2D eigenvalue weighted by atomic mass is 35.5. The molecule has 0 saturated heterocycles. The van der Waals surface area contributed by atoms with Gasteiger partial charge in [-0.2, -0.15) is 0 Å². The lowest BCUT2D eigenvalue weighted by atomic mass is 10.2. The maximum atomic E-state index is 5.76. The van der Waals surface area contributed by atoms with Crippen LogP contribution >= 0.6 is 11.6 Å². The molecule has 0 unspecified atom stereocenters. The zero-order chi connectivity index (χ0) is 10.1. The maximum Gasteiger partial charge on any atom is 0.0474 e. The van der Waals surface area contributed by atoms with Gasteiger partial charge in [-0.3, -0.25) is 0 Å². The zero-order valence-corrected chi connectivity index (χ0v) is 8.69. The molecular weight excluding hydrogens is 192 g/mol. The molecule has 0 spiro atoms. The number of hydrogen-bond donors (Lipinski definition) is 0. The van der Waals surface area contributed by atoms with E-state index in [0.717, 1.165) is 5.57 Å². The largest absolute Gasteiger partial charge is 0.122 e. The Balaban J connectivity index is 2.80. The quantitative estimate of drug-likeness (QED) is 0.568. The van der Waals surface area contributed by atoms with Gasteiger partial charge in [0.1, 0.15) is 0 Å². The molecule has 0 N–H and O–H groups in total. The maximum absolute atomic E-state index is 5.76. The van der Waals surface area contributed by atoms with Gasteiger partial charge in [0.2, 0.25) is 0 Å². The SMILES string of the molecule is ClCC1=C/C=C\C=C/C=C\C=C/C=C\1. The van der Waals surface area contributed by atoms with E-state index in [1.165, 1.54) is 0 Å². The van der Waals surface area contributed by atoms with Gasteiger partial charge in [0.15, 0.2) is 0 Å². The molecule has 0 aromatic heterocycles. The molecule has 1 aliphatic carbocycles. The molecule has 0 saturated carbocycles. The summed E-state index contributed by atoms with van der Waals surface area (Å²) < 4.78 is 0. The normalized spacial score (nSPS) is 31.4. The minimum Gasteiger partial charge on any atom is -0.122 e. The Labute approximate surface area is 90.3 Å². The fourth-order valence-electron chi connectivity index (χ4n) is 0.952. The standard InChI is InChI=1S/C13H13Cl/c14-12-13-10-8-6-4-2-1-3-5-7-9-11-13/h1-11H,12H2/b2-1-,3-1?,4-2?,5-3-,6-4-,7-5?,8-6?,9-7-,10-8-,11-9?,13-10?,13-11+. The van der Waals surface area contributed by atoms with E-state index in [1.807, 2.05) is 66.8 Å². The molecule has 1 aliphatic rings. The van der Waals surface area contributed by atoms with Crippen LogP contribution in [0.1, 0.15) is 0 Å². The minimum absolute atomic E-state index is 0.536. The van der Waals surface area contributed by atoms with E-state index in [2.05, 4.69) is 0 Å². The Morgan fingerprint density at radius 2 is 1.21 bits per heavy atom. The van der Waals surface area contributed by atoms with Gasteiger partial charge in [0.05, 0.1) is 0 Å². The van der Waals surface area contributed by atoms with E-state index in [9.17, 15) is 0 Å². The number of allylic oxidation sites excluding steroid dienone is 12. The van der Waals surface area contributed by atoms with Crippen LogP contribution < -0.4 is 0 Å². The summed E-state index contributed by atoms with van der Waals surface area (Å²) in [5, 5.41) is 0. The van der Waals surface area contributed by atoms with Gasteiger partial charge in [0, 0.05) is 5.88 Å². The van der Waals surface area contributed by atoms with Gasteiger partial charge in [-0.05, 0) is 5.57 Å². The van der Waals surface area contributed by atoms with Gasteiger partial charge in [0.25, 0.3) is 0 Å². The number of rotatable bonds is 1. The second kappa shape index (κ2) is 7.16. The summed E-state index contributed by atoms with van der Waals surface area (Å²) in [6.45, 7) is 0. The van der Waals surface area contributed by atoms with Crippen molar-refractivity contribution < 1.29 is 0 Å². The highest BCUT2D eigenvalue weighted by Gasteiger charge is 1.84. The lowest BCUT2D eigenvalue weighted by Gasteiger charge is -1.91. The van der Waals surface area contributed by atoms with Crippen LogP contribution in [0.4, 0.5) is 0 Å². The number of halogens is 1. The van der Waals surface area contributed by atoms with E-state index in [4.69, 9.17) is 11.6 Å². The summed E-state index contributed by atoms with van der Waals surface area (Å²) in [4.78, 5) is 0.